The molecule has 8 heteroatoms. The van der Waals surface area contributed by atoms with Crippen molar-refractivity contribution in [1.29, 1.82) is 0 Å². The number of amides is 2. The third-order valence-corrected chi connectivity index (χ3v) is 2.53. The van der Waals surface area contributed by atoms with E-state index in [1.807, 2.05) is 0 Å². The summed E-state index contributed by atoms with van der Waals surface area (Å²) in [6.45, 7) is 3.75. The topological polar surface area (TPSA) is 109 Å². The number of carboxylic acids is 1. The zero-order valence-corrected chi connectivity index (χ0v) is 11.8. The molecule has 0 fully saturated rings. The number of carbonyl (C=O) groups excluding carboxylic acids is 2. The van der Waals surface area contributed by atoms with Gasteiger partial charge in [0.25, 0.3) is 0 Å². The first-order chi connectivity index (χ1) is 9.97. The Kier molecular flexibility index (Phi) is 6.12. The Morgan fingerprint density at radius 1 is 1.33 bits per heavy atom. The number of pyridine rings is 1. The Balaban J connectivity index is 2.71. The standard InChI is InChI=1S/C13H17N3O5/c1-3-16(8-11(17)21-4-2)13(20)15-10-5-9(12(18)19)6-14-7-10/h5-7H,3-4,8H2,1-2H3,(H,15,20)(H,18,19). The van der Waals surface area contributed by atoms with Crippen LogP contribution in [0, 0.1) is 0 Å². The molecular weight excluding hydrogens is 278 g/mol. The van der Waals surface area contributed by atoms with Crippen molar-refractivity contribution in [3.63, 3.8) is 0 Å². The summed E-state index contributed by atoms with van der Waals surface area (Å²) in [5, 5.41) is 11.3. The second-order valence-corrected chi connectivity index (χ2v) is 4.02. The predicted molar refractivity (Wildman–Crippen MR) is 74.1 cm³/mol. The SMILES string of the molecule is CCOC(=O)CN(CC)C(=O)Nc1cncc(C(=O)O)c1. The van der Waals surface area contributed by atoms with Crippen molar-refractivity contribution in [1.82, 2.24) is 9.88 Å². The van der Waals surface area contributed by atoms with Gasteiger partial charge in [-0.1, -0.05) is 0 Å². The Morgan fingerprint density at radius 3 is 2.62 bits per heavy atom. The lowest BCUT2D eigenvalue weighted by molar-refractivity contribution is -0.143. The van der Waals surface area contributed by atoms with Crippen molar-refractivity contribution in [3.8, 4) is 0 Å². The van der Waals surface area contributed by atoms with Crippen LogP contribution in [-0.4, -0.2) is 52.7 Å². The molecule has 1 aromatic heterocycles. The fourth-order valence-corrected chi connectivity index (χ4v) is 1.52. The van der Waals surface area contributed by atoms with Gasteiger partial charge in [0.15, 0.2) is 0 Å². The first kappa shape index (κ1) is 16.4. The summed E-state index contributed by atoms with van der Waals surface area (Å²) in [5.74, 6) is -1.65. The van der Waals surface area contributed by atoms with Crippen LogP contribution < -0.4 is 5.32 Å². The zero-order valence-electron chi connectivity index (χ0n) is 11.8. The number of esters is 1. The van der Waals surface area contributed by atoms with Gasteiger partial charge in [-0.15, -0.1) is 0 Å². The molecule has 2 N–H and O–H groups in total. The molecule has 1 heterocycles. The molecule has 2 amide bonds. The third kappa shape index (κ3) is 5.09. The molecule has 8 nitrogen and oxygen atoms in total. The normalized spacial score (nSPS) is 9.81. The molecule has 114 valence electrons. The van der Waals surface area contributed by atoms with Crippen molar-refractivity contribution < 1.29 is 24.2 Å². The fourth-order valence-electron chi connectivity index (χ4n) is 1.52. The lowest BCUT2D eigenvalue weighted by Gasteiger charge is -2.20. The highest BCUT2D eigenvalue weighted by atomic mass is 16.5. The minimum Gasteiger partial charge on any atom is -0.478 e. The molecule has 0 radical (unpaired) electrons. The van der Waals surface area contributed by atoms with Crippen molar-refractivity contribution in [3.05, 3.63) is 24.0 Å². The number of likely N-dealkylation sites (N-methyl/N-ethyl adjacent to an activating group) is 1. The Labute approximate surface area is 121 Å². The lowest BCUT2D eigenvalue weighted by Crippen LogP contribution is -2.39. The second kappa shape index (κ2) is 7.83. The Hall–Kier alpha value is -2.64. The van der Waals surface area contributed by atoms with E-state index < -0.39 is 18.0 Å². The molecule has 0 spiro atoms. The summed E-state index contributed by atoms with van der Waals surface area (Å²) in [6.07, 6.45) is 2.50. The molecular formula is C13H17N3O5. The predicted octanol–water partition coefficient (Wildman–Crippen LogP) is 1.20. The molecule has 1 aromatic rings. The second-order valence-electron chi connectivity index (χ2n) is 4.02. The zero-order chi connectivity index (χ0) is 15.8. The Bertz CT molecular complexity index is 532. The monoisotopic (exact) mass is 295 g/mol. The van der Waals surface area contributed by atoms with Gasteiger partial charge >= 0.3 is 18.0 Å². The molecule has 0 saturated heterocycles. The number of nitrogens with zero attached hydrogens (tertiary/aromatic N) is 2. The van der Waals surface area contributed by atoms with Crippen LogP contribution in [0.4, 0.5) is 10.5 Å². The minimum absolute atomic E-state index is 0.0405. The molecule has 0 aliphatic carbocycles. The van der Waals surface area contributed by atoms with Crippen LogP contribution in [0.3, 0.4) is 0 Å². The van der Waals surface area contributed by atoms with Crippen molar-refractivity contribution in [2.45, 2.75) is 13.8 Å². The highest BCUT2D eigenvalue weighted by Gasteiger charge is 2.16. The number of aromatic nitrogens is 1. The average molecular weight is 295 g/mol. The summed E-state index contributed by atoms with van der Waals surface area (Å²) in [6, 6.07) is 0.751. The molecule has 1 rings (SSSR count). The summed E-state index contributed by atoms with van der Waals surface area (Å²) in [4.78, 5) is 39.2. The van der Waals surface area contributed by atoms with Crippen LogP contribution in [-0.2, 0) is 9.53 Å². The number of aromatic carboxylic acids is 1. The molecule has 0 aromatic carbocycles. The highest BCUT2D eigenvalue weighted by Crippen LogP contribution is 2.09. The van der Waals surface area contributed by atoms with Gasteiger partial charge in [0.2, 0.25) is 0 Å². The smallest absolute Gasteiger partial charge is 0.337 e. The molecule has 0 saturated carbocycles. The van der Waals surface area contributed by atoms with Gasteiger partial charge in [-0.3, -0.25) is 9.78 Å². The highest BCUT2D eigenvalue weighted by molar-refractivity contribution is 5.93. The van der Waals surface area contributed by atoms with E-state index in [1.54, 1.807) is 13.8 Å². The van der Waals surface area contributed by atoms with Gasteiger partial charge in [-0.25, -0.2) is 9.59 Å². The van der Waals surface area contributed by atoms with E-state index in [0.29, 0.717) is 6.54 Å². The maximum absolute atomic E-state index is 12.0. The number of anilines is 1. The number of ether oxygens (including phenoxy) is 1. The summed E-state index contributed by atoms with van der Waals surface area (Å²) < 4.78 is 4.77. The van der Waals surface area contributed by atoms with Crippen molar-refractivity contribution >= 4 is 23.7 Å². The largest absolute Gasteiger partial charge is 0.478 e. The van der Waals surface area contributed by atoms with E-state index in [2.05, 4.69) is 10.3 Å². The molecule has 21 heavy (non-hydrogen) atoms. The quantitative estimate of drug-likeness (QED) is 0.763. The van der Waals surface area contributed by atoms with Crippen LogP contribution in [0.5, 0.6) is 0 Å². The van der Waals surface area contributed by atoms with E-state index in [-0.39, 0.29) is 24.4 Å². The van der Waals surface area contributed by atoms with Crippen LogP contribution in [0.1, 0.15) is 24.2 Å². The van der Waals surface area contributed by atoms with E-state index in [0.717, 1.165) is 0 Å². The third-order valence-electron chi connectivity index (χ3n) is 2.53. The molecule has 0 bridgehead atoms. The number of hydrogen-bond acceptors (Lipinski definition) is 5. The first-order valence-corrected chi connectivity index (χ1v) is 6.37. The lowest BCUT2D eigenvalue weighted by atomic mass is 10.2. The summed E-state index contributed by atoms with van der Waals surface area (Å²) in [7, 11) is 0. The van der Waals surface area contributed by atoms with Gasteiger partial charge in [-0.2, -0.15) is 0 Å². The van der Waals surface area contributed by atoms with Gasteiger partial charge in [0.05, 0.1) is 24.1 Å². The number of rotatable bonds is 6. The number of carbonyl (C=O) groups is 3. The van der Waals surface area contributed by atoms with Gasteiger partial charge in [0, 0.05) is 12.7 Å². The van der Waals surface area contributed by atoms with E-state index >= 15 is 0 Å². The number of nitrogens with one attached hydrogen (secondary N) is 1. The van der Waals surface area contributed by atoms with Crippen LogP contribution in [0.2, 0.25) is 0 Å². The maximum Gasteiger partial charge on any atom is 0.337 e. The summed E-state index contributed by atoms with van der Waals surface area (Å²) >= 11 is 0. The Morgan fingerprint density at radius 2 is 2.05 bits per heavy atom. The van der Waals surface area contributed by atoms with Crippen LogP contribution >= 0.6 is 0 Å². The van der Waals surface area contributed by atoms with Gasteiger partial charge < -0.3 is 20.1 Å². The van der Waals surface area contributed by atoms with E-state index in [4.69, 9.17) is 9.84 Å². The van der Waals surface area contributed by atoms with Gasteiger partial charge in [0.1, 0.15) is 6.54 Å². The fraction of sp³-hybridized carbons (Fsp3) is 0.385. The average Bonchev–Trinajstić information content (AvgIpc) is 2.45. The minimum atomic E-state index is -1.14. The van der Waals surface area contributed by atoms with Gasteiger partial charge in [-0.05, 0) is 19.9 Å². The van der Waals surface area contributed by atoms with Crippen LogP contribution in [0.25, 0.3) is 0 Å². The van der Waals surface area contributed by atoms with Crippen molar-refractivity contribution in [2.75, 3.05) is 25.0 Å². The van der Waals surface area contributed by atoms with E-state index in [1.165, 1.54) is 23.4 Å². The number of urea groups is 1. The number of hydrogen-bond donors (Lipinski definition) is 2. The van der Waals surface area contributed by atoms with Crippen molar-refractivity contribution in [2.24, 2.45) is 0 Å². The molecule has 0 aliphatic rings. The molecule has 0 unspecified atom stereocenters. The molecule has 0 aliphatic heterocycles. The molecule has 0 atom stereocenters. The van der Waals surface area contributed by atoms with Crippen LogP contribution in [0.15, 0.2) is 18.5 Å². The summed E-state index contributed by atoms with van der Waals surface area (Å²) in [5.41, 5.74) is 0.198. The maximum atomic E-state index is 12.0. The number of carboxylic acid groups (broad SMARTS) is 1. The van der Waals surface area contributed by atoms with E-state index in [9.17, 15) is 14.4 Å². The first-order valence-electron chi connectivity index (χ1n) is 6.37.